The summed E-state index contributed by atoms with van der Waals surface area (Å²) >= 11 is 6.06. The molecule has 2 heterocycles. The van der Waals surface area contributed by atoms with Crippen LogP contribution >= 0.6 is 11.6 Å². The van der Waals surface area contributed by atoms with E-state index in [1.165, 1.54) is 0 Å². The number of nitrogens with zero attached hydrogens (tertiary/aromatic N) is 3. The second-order valence-electron chi connectivity index (χ2n) is 4.73. The van der Waals surface area contributed by atoms with Crippen molar-refractivity contribution >= 4 is 11.6 Å². The normalized spacial score (nSPS) is 11.8. The molecule has 0 N–H and O–H groups in total. The van der Waals surface area contributed by atoms with Crippen molar-refractivity contribution in [2.24, 2.45) is 0 Å². The molecule has 0 aliphatic carbocycles. The van der Waals surface area contributed by atoms with Gasteiger partial charge in [-0.2, -0.15) is 5.10 Å². The van der Waals surface area contributed by atoms with Gasteiger partial charge in [0.2, 0.25) is 0 Å². The van der Waals surface area contributed by atoms with E-state index in [1.54, 1.807) is 16.9 Å². The summed E-state index contributed by atoms with van der Waals surface area (Å²) in [5, 5.41) is 4.89. The molecule has 0 aliphatic heterocycles. The van der Waals surface area contributed by atoms with E-state index in [0.717, 1.165) is 5.56 Å². The van der Waals surface area contributed by atoms with E-state index in [9.17, 15) is 0 Å². The van der Waals surface area contributed by atoms with Gasteiger partial charge in [0, 0.05) is 12.4 Å². The van der Waals surface area contributed by atoms with Gasteiger partial charge in [0.1, 0.15) is 0 Å². The maximum atomic E-state index is 6.06. The molecule has 0 saturated heterocycles. The number of pyridine rings is 1. The maximum absolute atomic E-state index is 6.06. The zero-order valence-electron chi connectivity index (χ0n) is 9.61. The fourth-order valence-corrected chi connectivity index (χ4v) is 1.58. The fraction of sp³-hybridized carbons (Fsp3) is 0.333. The molecule has 0 aromatic carbocycles. The quantitative estimate of drug-likeness (QED) is 0.760. The van der Waals surface area contributed by atoms with Crippen LogP contribution in [0.1, 0.15) is 26.3 Å². The third-order valence-corrected chi connectivity index (χ3v) is 2.70. The Labute approximate surface area is 100 Å². The van der Waals surface area contributed by atoms with Crippen molar-refractivity contribution in [3.63, 3.8) is 0 Å². The van der Waals surface area contributed by atoms with Crippen molar-refractivity contribution in [2.45, 2.75) is 26.2 Å². The molecule has 0 bridgehead atoms. The van der Waals surface area contributed by atoms with Crippen LogP contribution in [-0.4, -0.2) is 14.8 Å². The molecule has 0 radical (unpaired) electrons. The summed E-state index contributed by atoms with van der Waals surface area (Å²) in [4.78, 5) is 4.21. The van der Waals surface area contributed by atoms with Gasteiger partial charge in [-0.3, -0.25) is 0 Å². The molecule has 0 aliphatic rings. The summed E-state index contributed by atoms with van der Waals surface area (Å²) in [6, 6.07) is 3.61. The predicted molar refractivity (Wildman–Crippen MR) is 65.1 cm³/mol. The van der Waals surface area contributed by atoms with Crippen LogP contribution in [0.5, 0.6) is 0 Å². The lowest BCUT2D eigenvalue weighted by molar-refractivity contribution is 0.590. The van der Waals surface area contributed by atoms with Gasteiger partial charge in [0.05, 0.1) is 11.2 Å². The topological polar surface area (TPSA) is 30.7 Å². The fourth-order valence-electron chi connectivity index (χ4n) is 1.37. The van der Waals surface area contributed by atoms with E-state index in [2.05, 4.69) is 30.9 Å². The SMILES string of the molecule is CC(C)(C)c1cnn(-c2ncccc2Cl)c1. The lowest BCUT2D eigenvalue weighted by Gasteiger charge is -2.14. The van der Waals surface area contributed by atoms with E-state index >= 15 is 0 Å². The first kappa shape index (κ1) is 11.1. The number of halogens is 1. The molecule has 0 unspecified atom stereocenters. The molecule has 3 nitrogen and oxygen atoms in total. The lowest BCUT2D eigenvalue weighted by Crippen LogP contribution is -2.09. The molecule has 0 spiro atoms. The second-order valence-corrected chi connectivity index (χ2v) is 5.14. The van der Waals surface area contributed by atoms with Crippen LogP contribution in [0.15, 0.2) is 30.7 Å². The van der Waals surface area contributed by atoms with E-state index in [0.29, 0.717) is 10.8 Å². The average Bonchev–Trinajstić information content (AvgIpc) is 2.66. The minimum absolute atomic E-state index is 0.0828. The number of rotatable bonds is 1. The van der Waals surface area contributed by atoms with Crippen LogP contribution in [0.3, 0.4) is 0 Å². The summed E-state index contributed by atoms with van der Waals surface area (Å²) in [5.74, 6) is 0.666. The average molecular weight is 236 g/mol. The Hall–Kier alpha value is -1.35. The van der Waals surface area contributed by atoms with Gasteiger partial charge in [-0.15, -0.1) is 0 Å². The Kier molecular flexibility index (Phi) is 2.72. The third-order valence-electron chi connectivity index (χ3n) is 2.40. The summed E-state index contributed by atoms with van der Waals surface area (Å²) in [7, 11) is 0. The van der Waals surface area contributed by atoms with Gasteiger partial charge in [-0.1, -0.05) is 32.4 Å². The van der Waals surface area contributed by atoms with E-state index < -0.39 is 0 Å². The standard InChI is InChI=1S/C12H14ClN3/c1-12(2,3)9-7-15-16(8-9)11-10(13)5-4-6-14-11/h4-8H,1-3H3. The van der Waals surface area contributed by atoms with Gasteiger partial charge in [0.15, 0.2) is 5.82 Å². The molecule has 16 heavy (non-hydrogen) atoms. The Morgan fingerprint density at radius 2 is 2.06 bits per heavy atom. The monoisotopic (exact) mass is 235 g/mol. The molecular formula is C12H14ClN3. The van der Waals surface area contributed by atoms with Gasteiger partial charge < -0.3 is 0 Å². The molecule has 2 aromatic rings. The minimum Gasteiger partial charge on any atom is -0.236 e. The number of hydrogen-bond acceptors (Lipinski definition) is 2. The van der Waals surface area contributed by atoms with Gasteiger partial charge in [0.25, 0.3) is 0 Å². The molecule has 2 rings (SSSR count). The number of aromatic nitrogens is 3. The highest BCUT2D eigenvalue weighted by atomic mass is 35.5. The molecule has 0 saturated carbocycles. The van der Waals surface area contributed by atoms with Crippen LogP contribution in [0.25, 0.3) is 5.82 Å². The minimum atomic E-state index is 0.0828. The zero-order valence-corrected chi connectivity index (χ0v) is 10.4. The first-order valence-corrected chi connectivity index (χ1v) is 5.52. The van der Waals surface area contributed by atoms with Crippen molar-refractivity contribution < 1.29 is 0 Å². The van der Waals surface area contributed by atoms with E-state index in [4.69, 9.17) is 11.6 Å². The first-order chi connectivity index (χ1) is 7.48. The van der Waals surface area contributed by atoms with Gasteiger partial charge in [-0.05, 0) is 23.1 Å². The highest BCUT2D eigenvalue weighted by Crippen LogP contribution is 2.23. The summed E-state index contributed by atoms with van der Waals surface area (Å²) in [6.07, 6.45) is 5.53. The van der Waals surface area contributed by atoms with Crippen molar-refractivity contribution in [1.82, 2.24) is 14.8 Å². The zero-order chi connectivity index (χ0) is 11.8. The Balaban J connectivity index is 2.44. The van der Waals surface area contributed by atoms with Crippen LogP contribution in [0, 0.1) is 0 Å². The second kappa shape index (κ2) is 3.91. The summed E-state index contributed by atoms with van der Waals surface area (Å²) in [6.45, 7) is 6.44. The van der Waals surface area contributed by atoms with E-state index in [-0.39, 0.29) is 5.41 Å². The largest absolute Gasteiger partial charge is 0.236 e. The van der Waals surface area contributed by atoms with Crippen molar-refractivity contribution in [1.29, 1.82) is 0 Å². The van der Waals surface area contributed by atoms with Crippen LogP contribution in [0.4, 0.5) is 0 Å². The molecule has 84 valence electrons. The molecule has 0 amide bonds. The number of hydrogen-bond donors (Lipinski definition) is 0. The summed E-state index contributed by atoms with van der Waals surface area (Å²) in [5.41, 5.74) is 1.24. The van der Waals surface area contributed by atoms with Crippen LogP contribution in [0.2, 0.25) is 5.02 Å². The Bertz CT molecular complexity index is 497. The predicted octanol–water partition coefficient (Wildman–Crippen LogP) is 3.22. The summed E-state index contributed by atoms with van der Waals surface area (Å²) < 4.78 is 1.71. The van der Waals surface area contributed by atoms with Crippen molar-refractivity contribution in [3.05, 3.63) is 41.3 Å². The lowest BCUT2D eigenvalue weighted by atomic mass is 9.90. The van der Waals surface area contributed by atoms with Crippen molar-refractivity contribution in [3.8, 4) is 5.82 Å². The molecular weight excluding hydrogens is 222 g/mol. The third kappa shape index (κ3) is 2.09. The maximum Gasteiger partial charge on any atom is 0.172 e. The molecule has 0 fully saturated rings. The molecule has 0 atom stereocenters. The highest BCUT2D eigenvalue weighted by molar-refractivity contribution is 6.32. The smallest absolute Gasteiger partial charge is 0.172 e. The molecule has 4 heteroatoms. The van der Waals surface area contributed by atoms with Gasteiger partial charge in [-0.25, -0.2) is 9.67 Å². The first-order valence-electron chi connectivity index (χ1n) is 5.14. The van der Waals surface area contributed by atoms with Crippen molar-refractivity contribution in [2.75, 3.05) is 0 Å². The Morgan fingerprint density at radius 1 is 1.31 bits per heavy atom. The van der Waals surface area contributed by atoms with Crippen LogP contribution in [-0.2, 0) is 5.41 Å². The highest BCUT2D eigenvalue weighted by Gasteiger charge is 2.16. The molecule has 2 aromatic heterocycles. The van der Waals surface area contributed by atoms with E-state index in [1.807, 2.05) is 18.5 Å². The van der Waals surface area contributed by atoms with Gasteiger partial charge >= 0.3 is 0 Å². The van der Waals surface area contributed by atoms with Crippen LogP contribution < -0.4 is 0 Å². The Morgan fingerprint density at radius 3 is 2.62 bits per heavy atom.